The van der Waals surface area contributed by atoms with Gasteiger partial charge in [0.25, 0.3) is 0 Å². The van der Waals surface area contributed by atoms with Gasteiger partial charge in [-0.2, -0.15) is 13.2 Å². The highest BCUT2D eigenvalue weighted by molar-refractivity contribution is 7.09. The van der Waals surface area contributed by atoms with Gasteiger partial charge in [-0.25, -0.2) is 4.79 Å². The minimum absolute atomic E-state index is 0.0236. The summed E-state index contributed by atoms with van der Waals surface area (Å²) in [4.78, 5) is 31.6. The lowest BCUT2D eigenvalue weighted by molar-refractivity contribution is -0.164. The fraction of sp³-hybridized carbons (Fsp3) is 0.512. The summed E-state index contributed by atoms with van der Waals surface area (Å²) in [7, 11) is 0. The number of aliphatic hydroxyl groups is 1. The molecule has 11 heteroatoms. The van der Waals surface area contributed by atoms with Crippen LogP contribution in [0.5, 0.6) is 0 Å². The van der Waals surface area contributed by atoms with E-state index in [0.717, 1.165) is 44.2 Å². The van der Waals surface area contributed by atoms with Crippen molar-refractivity contribution in [2.45, 2.75) is 83.1 Å². The van der Waals surface area contributed by atoms with Gasteiger partial charge in [0.1, 0.15) is 11.4 Å². The number of alkyl halides is 3. The van der Waals surface area contributed by atoms with Gasteiger partial charge >= 0.3 is 12.3 Å². The lowest BCUT2D eigenvalue weighted by Gasteiger charge is -2.71. The van der Waals surface area contributed by atoms with Crippen molar-refractivity contribution in [3.63, 3.8) is 0 Å². The minimum Gasteiger partial charge on any atom is -0.453 e. The third-order valence-corrected chi connectivity index (χ3v) is 15.8. The Kier molecular flexibility index (Phi) is 7.51. The normalized spacial score (nSPS) is 37.5. The molecule has 1 saturated heterocycles. The van der Waals surface area contributed by atoms with E-state index in [2.05, 4.69) is 38.1 Å². The number of halogens is 4. The van der Waals surface area contributed by atoms with E-state index in [4.69, 9.17) is 20.8 Å². The number of aliphatic hydroxyl groups excluding tert-OH is 1. The number of benzene rings is 1. The van der Waals surface area contributed by atoms with Gasteiger partial charge in [0.05, 0.1) is 23.2 Å². The second kappa shape index (κ2) is 11.3. The molecule has 10 rings (SSSR count). The van der Waals surface area contributed by atoms with Crippen LogP contribution in [0.15, 0.2) is 76.1 Å². The quantitative estimate of drug-likeness (QED) is 0.200. The molecule has 3 aromatic rings. The number of amides is 1. The van der Waals surface area contributed by atoms with Crippen LogP contribution in [0.3, 0.4) is 0 Å². The number of hydrogen-bond acceptors (Lipinski definition) is 6. The second-order valence-corrected chi connectivity index (χ2v) is 18.0. The Morgan fingerprint density at radius 2 is 1.81 bits per heavy atom. The van der Waals surface area contributed by atoms with E-state index in [1.165, 1.54) is 23.1 Å². The maximum absolute atomic E-state index is 15.0. The number of furan rings is 1. The number of thiophene rings is 1. The van der Waals surface area contributed by atoms with Crippen molar-refractivity contribution < 1.29 is 37.0 Å². The predicted molar refractivity (Wildman–Crippen MR) is 191 cm³/mol. The highest BCUT2D eigenvalue weighted by atomic mass is 35.5. The van der Waals surface area contributed by atoms with Crippen molar-refractivity contribution in [2.75, 3.05) is 13.1 Å². The van der Waals surface area contributed by atoms with Gasteiger partial charge in [-0.1, -0.05) is 49.7 Å². The molecule has 3 saturated carbocycles. The molecule has 8 unspecified atom stereocenters. The maximum atomic E-state index is 15.0. The predicted octanol–water partition coefficient (Wildman–Crippen LogP) is 10.2. The fourth-order valence-corrected chi connectivity index (χ4v) is 12.8. The molecule has 2 bridgehead atoms. The average molecular weight is 752 g/mol. The summed E-state index contributed by atoms with van der Waals surface area (Å²) in [6.07, 6.45) is 7.18. The topological polar surface area (TPSA) is 80.0 Å². The maximum Gasteiger partial charge on any atom is 0.416 e. The van der Waals surface area contributed by atoms with Gasteiger partial charge in [0.15, 0.2) is 5.76 Å². The van der Waals surface area contributed by atoms with E-state index in [-0.39, 0.29) is 51.2 Å². The zero-order chi connectivity index (χ0) is 36.5. The van der Waals surface area contributed by atoms with Crippen LogP contribution in [-0.4, -0.2) is 46.7 Å². The zero-order valence-electron chi connectivity index (χ0n) is 29.1. The van der Waals surface area contributed by atoms with Gasteiger partial charge < -0.3 is 19.2 Å². The Balaban J connectivity index is 1.11. The molecule has 8 atom stereocenters. The first-order chi connectivity index (χ1) is 24.6. The van der Waals surface area contributed by atoms with E-state index in [1.54, 1.807) is 11.3 Å². The summed E-state index contributed by atoms with van der Waals surface area (Å²) in [5.41, 5.74) is -2.74. The second-order valence-electron chi connectivity index (χ2n) is 16.6. The number of carbonyl (C=O) groups excluding carboxylic acids is 2. The number of carbonyl (C=O) groups is 2. The highest BCUT2D eigenvalue weighted by Crippen LogP contribution is 2.79. The Bertz CT molecular complexity index is 2040. The van der Waals surface area contributed by atoms with Gasteiger partial charge in [0.2, 0.25) is 5.78 Å². The van der Waals surface area contributed by atoms with Gasteiger partial charge in [-0.15, -0.1) is 11.3 Å². The molecule has 6 nitrogen and oxygen atoms in total. The third kappa shape index (κ3) is 4.58. The molecule has 4 fully saturated rings. The number of ether oxygens (including phenoxy) is 1. The molecule has 1 N–H and O–H groups in total. The standard InChI is InChI=1S/C41H41ClF3NO5S/c1-36-13-9-25(47)21-38(36)16-17-40(28(22-38)34(48)31-8-7-30(50-31)27-20-24(41(43,44)45)5-6-29(27)42)32(36)10-14-37(2)33(40)11-15-39(37)23-46(35(49)51-39)18-12-26-4-3-19-52-26/h3-8,16-17,19-20,22,25,32-33,47H,9-15,18,21,23H2,1-2H3. The molecule has 274 valence electrons. The lowest BCUT2D eigenvalue weighted by Crippen LogP contribution is -2.67. The molecular weight excluding hydrogens is 711 g/mol. The molecule has 3 heterocycles. The smallest absolute Gasteiger partial charge is 0.416 e. The Hall–Kier alpha value is -3.34. The van der Waals surface area contributed by atoms with Crippen LogP contribution < -0.4 is 0 Å². The van der Waals surface area contributed by atoms with Crippen LogP contribution in [0.2, 0.25) is 5.02 Å². The van der Waals surface area contributed by atoms with Gasteiger partial charge in [-0.3, -0.25) is 4.79 Å². The van der Waals surface area contributed by atoms with Crippen molar-refractivity contribution in [2.24, 2.45) is 33.5 Å². The van der Waals surface area contributed by atoms with Gasteiger partial charge in [0, 0.05) is 38.8 Å². The van der Waals surface area contributed by atoms with E-state index in [9.17, 15) is 27.9 Å². The molecule has 3 spiro atoms. The number of ketones is 1. The SMILES string of the molecule is CC12CCC(O)CC13C=CC1(C(C(=O)c4ccc(-c5cc(C(F)(F)F)ccc5Cl)o4)=C3)C2CCC2(C)C1CCC21CN(CCc2cccs2)C(=O)O1. The third-order valence-electron chi connectivity index (χ3n) is 14.5. The monoisotopic (exact) mass is 751 g/mol. The first kappa shape index (κ1) is 34.4. The Morgan fingerprint density at radius 1 is 1.04 bits per heavy atom. The van der Waals surface area contributed by atoms with Crippen LogP contribution in [0, 0.1) is 33.5 Å². The van der Waals surface area contributed by atoms with Crippen LogP contribution in [0.4, 0.5) is 18.0 Å². The molecule has 0 radical (unpaired) electrons. The molecule has 1 aromatic carbocycles. The number of fused-ring (bicyclic) bond motifs is 2. The number of allylic oxidation sites excluding steroid dienone is 4. The van der Waals surface area contributed by atoms with Crippen LogP contribution in [0.1, 0.15) is 79.8 Å². The van der Waals surface area contributed by atoms with E-state index < -0.39 is 39.7 Å². The summed E-state index contributed by atoms with van der Waals surface area (Å²) in [5.74, 6) is -0.129. The summed E-state index contributed by atoms with van der Waals surface area (Å²) in [5, 5.41) is 13.1. The minimum atomic E-state index is -4.57. The van der Waals surface area contributed by atoms with Crippen LogP contribution in [-0.2, 0) is 17.3 Å². The summed E-state index contributed by atoms with van der Waals surface area (Å²) < 4.78 is 53.5. The lowest BCUT2D eigenvalue weighted by atomic mass is 9.32. The van der Waals surface area contributed by atoms with Crippen molar-refractivity contribution in [1.29, 1.82) is 0 Å². The largest absolute Gasteiger partial charge is 0.453 e. The fourth-order valence-electron chi connectivity index (χ4n) is 11.9. The van der Waals surface area contributed by atoms with Crippen LogP contribution >= 0.6 is 22.9 Å². The summed E-state index contributed by atoms with van der Waals surface area (Å²) in [6, 6.07) is 10.2. The molecule has 7 aliphatic rings. The Labute approximate surface area is 309 Å². The molecule has 1 amide bonds. The van der Waals surface area contributed by atoms with Crippen molar-refractivity contribution >= 4 is 34.8 Å². The number of nitrogens with zero attached hydrogens (tertiary/aromatic N) is 1. The van der Waals surface area contributed by atoms with Crippen molar-refractivity contribution in [3.05, 3.63) is 92.9 Å². The first-order valence-corrected chi connectivity index (χ1v) is 19.5. The highest BCUT2D eigenvalue weighted by Gasteiger charge is 2.76. The molecule has 1 aliphatic heterocycles. The van der Waals surface area contributed by atoms with Crippen molar-refractivity contribution in [1.82, 2.24) is 4.90 Å². The van der Waals surface area contributed by atoms with Crippen LogP contribution in [0.25, 0.3) is 11.3 Å². The molecule has 6 aliphatic carbocycles. The number of rotatable bonds is 6. The van der Waals surface area contributed by atoms with Crippen molar-refractivity contribution in [3.8, 4) is 11.3 Å². The zero-order valence-corrected chi connectivity index (χ0v) is 30.7. The van der Waals surface area contributed by atoms with E-state index in [1.807, 2.05) is 16.3 Å². The average Bonchev–Trinajstić information content (AvgIpc) is 3.91. The Morgan fingerprint density at radius 3 is 2.58 bits per heavy atom. The number of hydrogen-bond donors (Lipinski definition) is 1. The van der Waals surface area contributed by atoms with Gasteiger partial charge in [-0.05, 0) is 110 Å². The van der Waals surface area contributed by atoms with E-state index in [0.29, 0.717) is 37.9 Å². The number of Topliss-reactive ketones (excluding diaryl/α,β-unsaturated/α-hetero) is 1. The summed E-state index contributed by atoms with van der Waals surface area (Å²) in [6.45, 7) is 5.67. The first-order valence-electron chi connectivity index (χ1n) is 18.3. The van der Waals surface area contributed by atoms with E-state index >= 15 is 0 Å². The molecular formula is C41H41ClF3NO5S. The molecule has 2 aromatic heterocycles. The summed E-state index contributed by atoms with van der Waals surface area (Å²) >= 11 is 8.05. The molecule has 52 heavy (non-hydrogen) atoms.